The molecule has 324 valence electrons. The maximum Gasteiger partial charge on any atom is 0.0740 e. The summed E-state index contributed by atoms with van der Waals surface area (Å²) in [6, 6.07) is 33.7. The van der Waals surface area contributed by atoms with E-state index >= 15 is 0 Å². The highest BCUT2D eigenvalue weighted by Gasteiger charge is 2.68. The highest BCUT2D eigenvalue weighted by Crippen LogP contribution is 2.67. The molecule has 1 fully saturated rings. The van der Waals surface area contributed by atoms with Crippen molar-refractivity contribution >= 4 is 34.2 Å². The Morgan fingerprint density at radius 1 is 0.712 bits per heavy atom. The number of nitrogens with one attached hydrogen (secondary N) is 1. The molecule has 1 saturated carbocycles. The number of anilines is 1. The van der Waals surface area contributed by atoms with E-state index in [0.717, 1.165) is 108 Å². The van der Waals surface area contributed by atoms with E-state index in [1.807, 2.05) is 36.6 Å². The molecule has 5 aliphatic rings. The van der Waals surface area contributed by atoms with Gasteiger partial charge in [-0.2, -0.15) is 0 Å². The minimum absolute atomic E-state index is 0.0479. The number of benzene rings is 4. The lowest BCUT2D eigenvalue weighted by molar-refractivity contribution is 0.554. The second-order valence-electron chi connectivity index (χ2n) is 17.9. The molecule has 0 saturated heterocycles. The molecule has 0 amide bonds. The number of aryl methyl sites for hydroxylation is 1. The highest BCUT2D eigenvalue weighted by atomic mass is 15.3. The van der Waals surface area contributed by atoms with Gasteiger partial charge in [0.15, 0.2) is 0 Å². The molecule has 5 aromatic rings. The van der Waals surface area contributed by atoms with Crippen LogP contribution in [0.25, 0.3) is 44.5 Å². The highest BCUT2D eigenvalue weighted by molar-refractivity contribution is 6.11. The summed E-state index contributed by atoms with van der Waals surface area (Å²) in [5, 5.41) is 10.6. The number of aromatic nitrogens is 1. The van der Waals surface area contributed by atoms with Crippen molar-refractivity contribution in [2.75, 3.05) is 4.90 Å². The van der Waals surface area contributed by atoms with Crippen molar-refractivity contribution in [2.45, 2.75) is 56.9 Å². The zero-order chi connectivity index (χ0) is 44.9. The fourth-order valence-electron chi connectivity index (χ4n) is 10.5. The minimum atomic E-state index is -0.151. The van der Waals surface area contributed by atoms with E-state index in [1.165, 1.54) is 22.2 Å². The molecule has 1 aromatic heterocycles. The van der Waals surface area contributed by atoms with Gasteiger partial charge in [0.25, 0.3) is 0 Å². The molecule has 4 heteroatoms. The molecule has 2 heterocycles. The van der Waals surface area contributed by atoms with Crippen molar-refractivity contribution in [3.63, 3.8) is 0 Å². The van der Waals surface area contributed by atoms with Crippen LogP contribution >= 0.6 is 0 Å². The first kappa shape index (κ1) is 42.4. The summed E-state index contributed by atoms with van der Waals surface area (Å²) < 4.78 is 2.47. The first-order valence-corrected chi connectivity index (χ1v) is 23.4. The first-order chi connectivity index (χ1) is 32.5. The van der Waals surface area contributed by atoms with Crippen molar-refractivity contribution < 1.29 is 0 Å². The third kappa shape index (κ3) is 8.20. The van der Waals surface area contributed by atoms with E-state index in [0.29, 0.717) is 5.71 Å². The molecule has 0 bridgehead atoms. The van der Waals surface area contributed by atoms with Gasteiger partial charge in [0.1, 0.15) is 0 Å². The SMILES string of the molecule is C=C\C=C/C=C/C=N\C(=C/C(=N)C1=CC=CCC1)c1cc(-c2ccc(N3C(=C)/C=C\C=C/CC45C=CC=CC34C5)cc2)cc(-c2ccc(-n3c4c(c5ccccc53)CCC/C=C\C4)cc2)c1. The molecule has 0 spiro atoms. The second-order valence-corrected chi connectivity index (χ2v) is 17.9. The molecule has 1 aliphatic heterocycles. The van der Waals surface area contributed by atoms with Crippen LogP contribution in [0.2, 0.25) is 0 Å². The number of rotatable bonds is 11. The van der Waals surface area contributed by atoms with E-state index < -0.39 is 0 Å². The van der Waals surface area contributed by atoms with E-state index in [9.17, 15) is 5.41 Å². The smallest absolute Gasteiger partial charge is 0.0740 e. The minimum Gasteiger partial charge on any atom is -0.331 e. The lowest BCUT2D eigenvalue weighted by Gasteiger charge is -2.37. The maximum absolute atomic E-state index is 9.25. The molecular formula is C62H56N4. The normalized spacial score (nSPS) is 22.8. The average Bonchev–Trinajstić information content (AvgIpc) is 3.91. The Balaban J connectivity index is 1.07. The van der Waals surface area contributed by atoms with Crippen molar-refractivity contribution in [2.24, 2.45) is 10.4 Å². The van der Waals surface area contributed by atoms with Gasteiger partial charge in [-0.3, -0.25) is 4.99 Å². The summed E-state index contributed by atoms with van der Waals surface area (Å²) in [5.41, 5.74) is 14.8. The molecule has 0 radical (unpaired) electrons. The van der Waals surface area contributed by atoms with E-state index in [1.54, 1.807) is 6.08 Å². The third-order valence-electron chi connectivity index (χ3n) is 13.8. The van der Waals surface area contributed by atoms with Crippen LogP contribution in [0, 0.1) is 10.8 Å². The third-order valence-corrected chi connectivity index (χ3v) is 13.8. The summed E-state index contributed by atoms with van der Waals surface area (Å²) in [5.74, 6) is 0. The van der Waals surface area contributed by atoms with Gasteiger partial charge in [-0.15, -0.1) is 0 Å². The van der Waals surface area contributed by atoms with Crippen molar-refractivity contribution in [1.82, 2.24) is 4.57 Å². The number of aliphatic imine (C=N–C) groups is 1. The molecule has 4 aliphatic carbocycles. The molecule has 4 nitrogen and oxygen atoms in total. The number of nitrogens with zero attached hydrogens (tertiary/aromatic N) is 3. The van der Waals surface area contributed by atoms with Crippen LogP contribution in [0.15, 0.2) is 236 Å². The Morgan fingerprint density at radius 3 is 2.27 bits per heavy atom. The van der Waals surface area contributed by atoms with Gasteiger partial charge in [0.05, 0.1) is 22.5 Å². The summed E-state index contributed by atoms with van der Waals surface area (Å²) in [6.07, 6.45) is 50.1. The fourth-order valence-corrected chi connectivity index (χ4v) is 10.5. The molecule has 4 aromatic carbocycles. The molecule has 1 N–H and O–H groups in total. The van der Waals surface area contributed by atoms with Gasteiger partial charge in [-0.25, -0.2) is 0 Å². The second kappa shape index (κ2) is 18.5. The molecule has 2 unspecified atom stereocenters. The van der Waals surface area contributed by atoms with Crippen LogP contribution in [0.4, 0.5) is 5.69 Å². The van der Waals surface area contributed by atoms with Crippen molar-refractivity contribution in [3.8, 4) is 27.9 Å². The predicted octanol–water partition coefficient (Wildman–Crippen LogP) is 15.5. The van der Waals surface area contributed by atoms with Crippen LogP contribution in [0.1, 0.15) is 55.3 Å². The Morgan fingerprint density at radius 2 is 1.48 bits per heavy atom. The van der Waals surface area contributed by atoms with Crippen LogP contribution in [0.3, 0.4) is 0 Å². The summed E-state index contributed by atoms with van der Waals surface area (Å²) >= 11 is 0. The van der Waals surface area contributed by atoms with Gasteiger partial charge >= 0.3 is 0 Å². The summed E-state index contributed by atoms with van der Waals surface area (Å²) in [4.78, 5) is 7.49. The monoisotopic (exact) mass is 856 g/mol. The molecule has 2 atom stereocenters. The lowest BCUT2D eigenvalue weighted by Crippen LogP contribution is -2.39. The van der Waals surface area contributed by atoms with Crippen LogP contribution < -0.4 is 4.90 Å². The van der Waals surface area contributed by atoms with Crippen LogP contribution in [-0.4, -0.2) is 22.0 Å². The zero-order valence-electron chi connectivity index (χ0n) is 37.6. The number of fused-ring (bicyclic) bond motifs is 3. The number of allylic oxidation sites excluding steroid dienone is 18. The number of hydrogen-bond donors (Lipinski definition) is 1. The predicted molar refractivity (Wildman–Crippen MR) is 282 cm³/mol. The number of para-hydroxylation sites is 1. The van der Waals surface area contributed by atoms with E-state index in [-0.39, 0.29) is 11.0 Å². The van der Waals surface area contributed by atoms with Gasteiger partial charge in [0.2, 0.25) is 0 Å². The van der Waals surface area contributed by atoms with Gasteiger partial charge < -0.3 is 14.9 Å². The Kier molecular flexibility index (Phi) is 11.9. The van der Waals surface area contributed by atoms with Crippen molar-refractivity contribution in [1.29, 1.82) is 5.41 Å². The topological polar surface area (TPSA) is 44.4 Å². The van der Waals surface area contributed by atoms with Crippen LogP contribution in [0.5, 0.6) is 0 Å². The summed E-state index contributed by atoms with van der Waals surface area (Å²) in [7, 11) is 0. The Hall–Kier alpha value is -7.56. The summed E-state index contributed by atoms with van der Waals surface area (Å²) in [6.45, 7) is 8.37. The van der Waals surface area contributed by atoms with Crippen LogP contribution in [-0.2, 0) is 12.8 Å². The molecular weight excluding hydrogens is 801 g/mol. The molecule has 66 heavy (non-hydrogen) atoms. The van der Waals surface area contributed by atoms with Gasteiger partial charge in [-0.1, -0.05) is 153 Å². The van der Waals surface area contributed by atoms with Crippen molar-refractivity contribution in [3.05, 3.63) is 248 Å². The van der Waals surface area contributed by atoms with E-state index in [2.05, 4.69) is 193 Å². The first-order valence-electron chi connectivity index (χ1n) is 23.4. The maximum atomic E-state index is 9.25. The quantitative estimate of drug-likeness (QED) is 0.0803. The lowest BCUT2D eigenvalue weighted by atomic mass is 9.89. The Labute approximate surface area is 390 Å². The fraction of sp³-hybridized carbons (Fsp3) is 0.161. The van der Waals surface area contributed by atoms with Gasteiger partial charge in [0, 0.05) is 51.8 Å². The Bertz CT molecular complexity index is 3070. The van der Waals surface area contributed by atoms with E-state index in [4.69, 9.17) is 4.99 Å². The standard InChI is InChI=1S/C62H56N4/c1-3-4-5-8-21-40-64-58(44-57(63)49-23-12-9-13-24-49)52-42-50(47-29-33-53(34-30-47)65-59-27-15-7-6-14-25-55(59)56-26-16-17-28-60(56)65)41-51(43-52)48-31-35-54(36-32-48)66-46(2)22-11-10-18-37-61-38-19-20-39-62(61,66)45-61/h3-5,7-12,15-23,26,28-36,38-44,63H,1-2,6,13-14,24-25,27,37,45H2/b5-4-,15-7-,18-10-,21-8+,22-11-,58-44-,63-57?,64-40-. The largest absolute Gasteiger partial charge is 0.331 e. The average molecular weight is 857 g/mol. The molecule has 10 rings (SSSR count). The van der Waals surface area contributed by atoms with Gasteiger partial charge in [-0.05, 0) is 145 Å². The number of hydrogen-bond acceptors (Lipinski definition) is 3. The zero-order valence-corrected chi connectivity index (χ0v) is 37.6.